The number of hydroxylamine groups is 1. The van der Waals surface area contributed by atoms with Gasteiger partial charge in [0, 0.05) is 25.0 Å². The summed E-state index contributed by atoms with van der Waals surface area (Å²) in [5.41, 5.74) is 1.49. The molecule has 5 atom stereocenters. The predicted molar refractivity (Wildman–Crippen MR) is 102 cm³/mol. The number of sulfonamides is 1. The second-order valence-corrected chi connectivity index (χ2v) is 11.3. The molecule has 3 amide bonds. The first-order valence-electron chi connectivity index (χ1n) is 10.4. The Morgan fingerprint density at radius 2 is 1.90 bits per heavy atom. The Labute approximate surface area is 178 Å². The highest BCUT2D eigenvalue weighted by molar-refractivity contribution is 7.90. The number of nitrogens with zero attached hydrogens (tertiary/aromatic N) is 2. The molecular weight excluding hydrogens is 441 g/mol. The summed E-state index contributed by atoms with van der Waals surface area (Å²) in [5.74, 6) is -1.28. The number of hydrogen-bond donors (Lipinski definition) is 2. The highest BCUT2D eigenvalue weighted by Crippen LogP contribution is 2.40. The van der Waals surface area contributed by atoms with Crippen LogP contribution in [-0.2, 0) is 19.7 Å². The quantitative estimate of drug-likeness (QED) is 0.626. The number of amides is 3. The molecule has 2 heterocycles. The molecule has 2 saturated heterocycles. The number of carbonyl (C=O) groups excluding carboxylic acids is 2. The van der Waals surface area contributed by atoms with Gasteiger partial charge in [0.2, 0.25) is 15.9 Å². The standard InChI is InChI=1S/C18H27F3N4O5S/c1-17(5-6-17)23-31(28,29)11-3-4-13-12(8-11)15(26)25(16(27)24(13)2)9-10-7-14(22-30-10)18(19,20)21/h10-14,22-23H,3-9H2,1-2H3. The van der Waals surface area contributed by atoms with Crippen LogP contribution in [0.5, 0.6) is 0 Å². The molecule has 2 aliphatic heterocycles. The number of hydrogen-bond acceptors (Lipinski definition) is 6. The van der Waals surface area contributed by atoms with E-state index in [1.54, 1.807) is 0 Å². The van der Waals surface area contributed by atoms with Crippen molar-refractivity contribution in [1.29, 1.82) is 0 Å². The van der Waals surface area contributed by atoms with Gasteiger partial charge in [0.1, 0.15) is 6.04 Å². The van der Waals surface area contributed by atoms with Gasteiger partial charge in [-0.25, -0.2) is 17.9 Å². The van der Waals surface area contributed by atoms with Gasteiger partial charge in [0.15, 0.2) is 0 Å². The molecule has 0 spiro atoms. The van der Waals surface area contributed by atoms with Gasteiger partial charge in [-0.1, -0.05) is 0 Å². The number of nitrogens with one attached hydrogen (secondary N) is 2. The summed E-state index contributed by atoms with van der Waals surface area (Å²) in [4.78, 5) is 33.1. The van der Waals surface area contributed by atoms with Crippen LogP contribution < -0.4 is 10.2 Å². The third kappa shape index (κ3) is 4.41. The first kappa shape index (κ1) is 22.7. The number of carbonyl (C=O) groups is 2. The van der Waals surface area contributed by atoms with Gasteiger partial charge in [0.05, 0.1) is 23.8 Å². The van der Waals surface area contributed by atoms with Crippen LogP contribution in [0.2, 0.25) is 0 Å². The van der Waals surface area contributed by atoms with Crippen molar-refractivity contribution in [1.82, 2.24) is 20.0 Å². The summed E-state index contributed by atoms with van der Waals surface area (Å²) in [6, 6.07) is -2.89. The van der Waals surface area contributed by atoms with Crippen LogP contribution in [0.1, 0.15) is 45.4 Å². The molecule has 4 rings (SSSR count). The van der Waals surface area contributed by atoms with Crippen molar-refractivity contribution in [3.05, 3.63) is 0 Å². The molecule has 2 saturated carbocycles. The van der Waals surface area contributed by atoms with Crippen LogP contribution >= 0.6 is 0 Å². The Kier molecular flexibility index (Phi) is 5.55. The number of urea groups is 1. The lowest BCUT2D eigenvalue weighted by molar-refractivity contribution is -0.164. The molecule has 13 heteroatoms. The van der Waals surface area contributed by atoms with Gasteiger partial charge in [-0.2, -0.15) is 18.7 Å². The predicted octanol–water partition coefficient (Wildman–Crippen LogP) is 1.11. The molecule has 31 heavy (non-hydrogen) atoms. The van der Waals surface area contributed by atoms with Crippen molar-refractivity contribution in [2.24, 2.45) is 5.92 Å². The SMILES string of the molecule is CN1C(=O)N(CC2CC(C(F)(F)F)NO2)C(=O)C2CC(S(=O)(=O)NC3(C)CC3)CCC21. The molecule has 9 nitrogen and oxygen atoms in total. The van der Waals surface area contributed by atoms with Gasteiger partial charge in [-0.15, -0.1) is 0 Å². The zero-order valence-electron chi connectivity index (χ0n) is 17.3. The number of halogens is 3. The Morgan fingerprint density at radius 1 is 1.23 bits per heavy atom. The van der Waals surface area contributed by atoms with E-state index in [2.05, 4.69) is 4.72 Å². The Hall–Kier alpha value is -1.44. The summed E-state index contributed by atoms with van der Waals surface area (Å²) in [6.07, 6.45) is -3.61. The van der Waals surface area contributed by atoms with Gasteiger partial charge >= 0.3 is 12.2 Å². The van der Waals surface area contributed by atoms with E-state index in [9.17, 15) is 31.2 Å². The van der Waals surface area contributed by atoms with E-state index < -0.39 is 69.5 Å². The number of rotatable bonds is 5. The van der Waals surface area contributed by atoms with Crippen molar-refractivity contribution in [3.63, 3.8) is 0 Å². The zero-order chi connectivity index (χ0) is 22.8. The summed E-state index contributed by atoms with van der Waals surface area (Å²) >= 11 is 0. The van der Waals surface area contributed by atoms with E-state index in [1.165, 1.54) is 11.9 Å². The topological polar surface area (TPSA) is 108 Å². The van der Waals surface area contributed by atoms with Gasteiger partial charge < -0.3 is 4.90 Å². The molecule has 4 fully saturated rings. The maximum atomic E-state index is 13.1. The molecule has 0 aromatic heterocycles. The number of fused-ring (bicyclic) bond motifs is 1. The van der Waals surface area contributed by atoms with Crippen molar-refractivity contribution in [3.8, 4) is 0 Å². The lowest BCUT2D eigenvalue weighted by Crippen LogP contribution is -2.63. The number of imide groups is 1. The highest BCUT2D eigenvalue weighted by Gasteiger charge is 2.52. The minimum atomic E-state index is -4.50. The molecule has 0 aromatic carbocycles. The van der Waals surface area contributed by atoms with Crippen LogP contribution in [-0.4, -0.2) is 78.9 Å². The van der Waals surface area contributed by atoms with E-state index in [-0.39, 0.29) is 13.0 Å². The zero-order valence-corrected chi connectivity index (χ0v) is 18.1. The fourth-order valence-electron chi connectivity index (χ4n) is 4.69. The average Bonchev–Trinajstić information content (AvgIpc) is 3.19. The average molecular weight is 468 g/mol. The monoisotopic (exact) mass is 468 g/mol. The van der Waals surface area contributed by atoms with Gasteiger partial charge in [0.25, 0.3) is 0 Å². The molecule has 176 valence electrons. The molecule has 0 bridgehead atoms. The van der Waals surface area contributed by atoms with Crippen molar-refractivity contribution in [2.75, 3.05) is 13.6 Å². The third-order valence-corrected chi connectivity index (χ3v) is 8.95. The second-order valence-electron chi connectivity index (χ2n) is 9.35. The Bertz CT molecular complexity index is 863. The summed E-state index contributed by atoms with van der Waals surface area (Å²) < 4.78 is 66.9. The van der Waals surface area contributed by atoms with E-state index in [1.807, 2.05) is 12.4 Å². The molecule has 4 aliphatic rings. The van der Waals surface area contributed by atoms with Crippen LogP contribution in [0.3, 0.4) is 0 Å². The summed E-state index contributed by atoms with van der Waals surface area (Å²) in [7, 11) is -2.10. The smallest absolute Gasteiger partial charge is 0.324 e. The fraction of sp³-hybridized carbons (Fsp3) is 0.889. The lowest BCUT2D eigenvalue weighted by Gasteiger charge is -2.47. The van der Waals surface area contributed by atoms with Crippen LogP contribution in [0, 0.1) is 5.92 Å². The number of alkyl halides is 3. The van der Waals surface area contributed by atoms with Crippen molar-refractivity contribution >= 4 is 22.0 Å². The molecule has 2 aliphatic carbocycles. The third-order valence-electron chi connectivity index (χ3n) is 6.86. The minimum absolute atomic E-state index is 0.0674. The normalized spacial score (nSPS) is 36.0. The summed E-state index contributed by atoms with van der Waals surface area (Å²) in [6.45, 7) is 1.51. The fourth-order valence-corrected chi connectivity index (χ4v) is 6.66. The lowest BCUT2D eigenvalue weighted by atomic mass is 9.81. The van der Waals surface area contributed by atoms with E-state index >= 15 is 0 Å². The largest absolute Gasteiger partial charge is 0.406 e. The van der Waals surface area contributed by atoms with Crippen molar-refractivity contribution < 1.29 is 36.0 Å². The second kappa shape index (κ2) is 7.56. The molecule has 5 unspecified atom stereocenters. The maximum absolute atomic E-state index is 13.1. The Morgan fingerprint density at radius 3 is 2.48 bits per heavy atom. The van der Waals surface area contributed by atoms with Crippen LogP contribution in [0.25, 0.3) is 0 Å². The van der Waals surface area contributed by atoms with Gasteiger partial charge in [-0.3, -0.25) is 14.5 Å². The van der Waals surface area contributed by atoms with Crippen LogP contribution in [0.4, 0.5) is 18.0 Å². The molecule has 0 aromatic rings. The van der Waals surface area contributed by atoms with Gasteiger partial charge in [-0.05, 0) is 39.0 Å². The van der Waals surface area contributed by atoms with E-state index in [0.717, 1.165) is 17.7 Å². The van der Waals surface area contributed by atoms with Crippen LogP contribution in [0.15, 0.2) is 0 Å². The highest BCUT2D eigenvalue weighted by atomic mass is 32.2. The first-order valence-corrected chi connectivity index (χ1v) is 11.9. The molecule has 0 radical (unpaired) electrons. The van der Waals surface area contributed by atoms with Crippen molar-refractivity contribution in [2.45, 2.75) is 80.6 Å². The summed E-state index contributed by atoms with van der Waals surface area (Å²) in [5, 5.41) is -0.752. The maximum Gasteiger partial charge on any atom is 0.406 e. The van der Waals surface area contributed by atoms with E-state index in [0.29, 0.717) is 12.8 Å². The Balaban J connectivity index is 1.46. The minimum Gasteiger partial charge on any atom is -0.324 e. The first-order chi connectivity index (χ1) is 14.3. The molecule has 2 N–H and O–H groups in total. The van der Waals surface area contributed by atoms with E-state index in [4.69, 9.17) is 4.84 Å². The molecular formula is C18H27F3N4O5S.